The Morgan fingerprint density at radius 1 is 0.839 bits per heavy atom. The van der Waals surface area contributed by atoms with E-state index in [2.05, 4.69) is 33.5 Å². The third kappa shape index (κ3) is 7.26. The quantitative estimate of drug-likeness (QED) is 0.418. The number of hydrogen-bond acceptors (Lipinski definition) is 3. The zero-order valence-corrected chi connectivity index (χ0v) is 18.9. The van der Waals surface area contributed by atoms with E-state index in [4.69, 9.17) is 4.74 Å². The van der Waals surface area contributed by atoms with Gasteiger partial charge in [0.2, 0.25) is 5.91 Å². The maximum atomic E-state index is 12.2. The molecule has 0 aliphatic carbocycles. The zero-order valence-electron chi connectivity index (χ0n) is 17.4. The van der Waals surface area contributed by atoms with E-state index in [9.17, 15) is 9.59 Å². The van der Waals surface area contributed by atoms with Crippen LogP contribution < -0.4 is 15.4 Å². The van der Waals surface area contributed by atoms with E-state index >= 15 is 0 Å². The monoisotopic (exact) mass is 480 g/mol. The molecule has 160 valence electrons. The van der Waals surface area contributed by atoms with Gasteiger partial charge >= 0.3 is 0 Å². The molecule has 0 unspecified atom stereocenters. The van der Waals surface area contributed by atoms with Gasteiger partial charge in [-0.15, -0.1) is 0 Å². The van der Waals surface area contributed by atoms with Gasteiger partial charge in [-0.05, 0) is 76.3 Å². The molecule has 0 aliphatic heterocycles. The Balaban J connectivity index is 1.44. The second kappa shape index (κ2) is 11.3. The van der Waals surface area contributed by atoms with Crippen LogP contribution in [0.1, 0.15) is 24.5 Å². The molecule has 0 saturated heterocycles. The van der Waals surface area contributed by atoms with Crippen LogP contribution in [0.3, 0.4) is 0 Å². The van der Waals surface area contributed by atoms with Crippen molar-refractivity contribution >= 4 is 39.1 Å². The van der Waals surface area contributed by atoms with Crippen LogP contribution in [-0.2, 0) is 22.4 Å². The van der Waals surface area contributed by atoms with Gasteiger partial charge in [0.1, 0.15) is 5.75 Å². The molecule has 0 saturated carbocycles. The average Bonchev–Trinajstić information content (AvgIpc) is 2.79. The summed E-state index contributed by atoms with van der Waals surface area (Å²) in [6.45, 7) is 1.99. The second-order valence-corrected chi connectivity index (χ2v) is 7.92. The topological polar surface area (TPSA) is 67.4 Å². The molecule has 0 aliphatic rings. The predicted octanol–water partition coefficient (Wildman–Crippen LogP) is 5.60. The molecule has 0 bridgehead atoms. The van der Waals surface area contributed by atoms with E-state index in [1.165, 1.54) is 5.56 Å². The summed E-state index contributed by atoms with van der Waals surface area (Å²) in [6, 6.07) is 22.7. The van der Waals surface area contributed by atoms with Crippen LogP contribution in [-0.4, -0.2) is 18.4 Å². The highest BCUT2D eigenvalue weighted by molar-refractivity contribution is 9.10. The van der Waals surface area contributed by atoms with E-state index in [-0.39, 0.29) is 18.4 Å². The Labute approximate surface area is 191 Å². The van der Waals surface area contributed by atoms with E-state index in [0.29, 0.717) is 30.0 Å². The van der Waals surface area contributed by atoms with Crippen LogP contribution in [0.2, 0.25) is 0 Å². The van der Waals surface area contributed by atoms with E-state index < -0.39 is 0 Å². The number of amides is 2. The van der Waals surface area contributed by atoms with Crippen LogP contribution in [0.15, 0.2) is 77.3 Å². The normalized spacial score (nSPS) is 10.4. The number of hydrogen-bond donors (Lipinski definition) is 2. The Morgan fingerprint density at radius 3 is 2.10 bits per heavy atom. The van der Waals surface area contributed by atoms with Crippen molar-refractivity contribution in [3.8, 4) is 5.75 Å². The summed E-state index contributed by atoms with van der Waals surface area (Å²) in [5, 5.41) is 5.66. The fourth-order valence-electron chi connectivity index (χ4n) is 2.98. The average molecular weight is 481 g/mol. The molecule has 6 heteroatoms. The predicted molar refractivity (Wildman–Crippen MR) is 127 cm³/mol. The highest BCUT2D eigenvalue weighted by Crippen LogP contribution is 2.26. The molecule has 0 radical (unpaired) electrons. The van der Waals surface area contributed by atoms with Crippen molar-refractivity contribution in [2.45, 2.75) is 26.2 Å². The van der Waals surface area contributed by atoms with E-state index in [1.807, 2.05) is 48.5 Å². The summed E-state index contributed by atoms with van der Waals surface area (Å²) in [7, 11) is 0. The first-order chi connectivity index (χ1) is 15.0. The van der Waals surface area contributed by atoms with E-state index in [1.54, 1.807) is 24.3 Å². The fraction of sp³-hybridized carbons (Fsp3) is 0.200. The summed E-state index contributed by atoms with van der Waals surface area (Å²) < 4.78 is 6.42. The molecule has 2 N–H and O–H groups in total. The molecule has 0 spiro atoms. The Morgan fingerprint density at radius 2 is 1.48 bits per heavy atom. The lowest BCUT2D eigenvalue weighted by Crippen LogP contribution is -2.20. The van der Waals surface area contributed by atoms with Gasteiger partial charge in [-0.3, -0.25) is 9.59 Å². The molecule has 31 heavy (non-hydrogen) atoms. The van der Waals surface area contributed by atoms with Crippen molar-refractivity contribution in [2.75, 3.05) is 17.2 Å². The Kier molecular flexibility index (Phi) is 8.24. The minimum atomic E-state index is -0.258. The molecule has 0 fully saturated rings. The van der Waals surface area contributed by atoms with Gasteiger partial charge in [0.05, 0.1) is 4.47 Å². The number of anilines is 2. The third-order valence-corrected chi connectivity index (χ3v) is 5.32. The number of carbonyl (C=O) groups excluding carboxylic acids is 2. The third-order valence-electron chi connectivity index (χ3n) is 4.70. The summed E-state index contributed by atoms with van der Waals surface area (Å²) in [4.78, 5) is 24.3. The van der Waals surface area contributed by atoms with Crippen molar-refractivity contribution in [1.29, 1.82) is 0 Å². The zero-order chi connectivity index (χ0) is 22.1. The first-order valence-electron chi connectivity index (χ1n) is 10.2. The standard InChI is InChI=1S/C25H25BrN2O3/c1-2-18-8-14-23(22(26)16-18)31-17-25(30)28-21-12-10-20(11-13-21)27-24(29)15-9-19-6-4-3-5-7-19/h3-8,10-14,16H,2,9,15,17H2,1H3,(H,27,29)(H,28,30). The molecule has 0 atom stereocenters. The molecular formula is C25H25BrN2O3. The van der Waals surface area contributed by atoms with Gasteiger partial charge in [0.25, 0.3) is 5.91 Å². The van der Waals surface area contributed by atoms with Gasteiger partial charge in [0.15, 0.2) is 6.61 Å². The van der Waals surface area contributed by atoms with Crippen molar-refractivity contribution in [1.82, 2.24) is 0 Å². The lowest BCUT2D eigenvalue weighted by atomic mass is 10.1. The maximum Gasteiger partial charge on any atom is 0.262 e. The molecule has 3 aromatic carbocycles. The van der Waals surface area contributed by atoms with Gasteiger partial charge in [0, 0.05) is 17.8 Å². The van der Waals surface area contributed by atoms with Crippen LogP contribution in [0, 0.1) is 0 Å². The highest BCUT2D eigenvalue weighted by Gasteiger charge is 2.08. The molecule has 0 heterocycles. The van der Waals surface area contributed by atoms with Gasteiger partial charge in [-0.2, -0.15) is 0 Å². The van der Waals surface area contributed by atoms with Crippen LogP contribution in [0.25, 0.3) is 0 Å². The number of carbonyl (C=O) groups is 2. The summed E-state index contributed by atoms with van der Waals surface area (Å²) in [6.07, 6.45) is 2.04. The number of nitrogens with one attached hydrogen (secondary N) is 2. The smallest absolute Gasteiger partial charge is 0.262 e. The summed E-state index contributed by atoms with van der Waals surface area (Å²) >= 11 is 3.47. The van der Waals surface area contributed by atoms with Gasteiger partial charge in [-0.25, -0.2) is 0 Å². The fourth-order valence-corrected chi connectivity index (χ4v) is 3.53. The molecule has 0 aromatic heterocycles. The molecule has 3 rings (SSSR count). The molecule has 3 aromatic rings. The molecule has 2 amide bonds. The highest BCUT2D eigenvalue weighted by atomic mass is 79.9. The first kappa shape index (κ1) is 22.6. The van der Waals surface area contributed by atoms with Crippen LogP contribution in [0.4, 0.5) is 11.4 Å². The molecule has 5 nitrogen and oxygen atoms in total. The van der Waals surface area contributed by atoms with Crippen molar-refractivity contribution in [3.05, 3.63) is 88.4 Å². The first-order valence-corrected chi connectivity index (χ1v) is 11.0. The van der Waals surface area contributed by atoms with Crippen molar-refractivity contribution in [2.24, 2.45) is 0 Å². The van der Waals surface area contributed by atoms with Crippen LogP contribution in [0.5, 0.6) is 5.75 Å². The Bertz CT molecular complexity index is 1020. The van der Waals surface area contributed by atoms with Crippen LogP contribution >= 0.6 is 15.9 Å². The number of halogens is 1. The minimum Gasteiger partial charge on any atom is -0.483 e. The van der Waals surface area contributed by atoms with Gasteiger partial charge < -0.3 is 15.4 Å². The second-order valence-electron chi connectivity index (χ2n) is 7.07. The lowest BCUT2D eigenvalue weighted by molar-refractivity contribution is -0.118. The summed E-state index contributed by atoms with van der Waals surface area (Å²) in [5.74, 6) is 0.320. The minimum absolute atomic E-state index is 0.0475. The van der Waals surface area contributed by atoms with Gasteiger partial charge in [-0.1, -0.05) is 43.3 Å². The number of benzene rings is 3. The number of aryl methyl sites for hydroxylation is 2. The lowest BCUT2D eigenvalue weighted by Gasteiger charge is -2.10. The largest absolute Gasteiger partial charge is 0.483 e. The molecular weight excluding hydrogens is 456 g/mol. The number of ether oxygens (including phenoxy) is 1. The SMILES string of the molecule is CCc1ccc(OCC(=O)Nc2ccc(NC(=O)CCc3ccccc3)cc2)c(Br)c1. The summed E-state index contributed by atoms with van der Waals surface area (Å²) in [5.41, 5.74) is 3.64. The van der Waals surface area contributed by atoms with Crippen molar-refractivity contribution in [3.63, 3.8) is 0 Å². The maximum absolute atomic E-state index is 12.2. The van der Waals surface area contributed by atoms with E-state index in [0.717, 1.165) is 16.5 Å². The number of rotatable bonds is 9. The van der Waals surface area contributed by atoms with Crippen molar-refractivity contribution < 1.29 is 14.3 Å². The Hall–Kier alpha value is -3.12.